The van der Waals surface area contributed by atoms with Gasteiger partial charge in [0.25, 0.3) is 0 Å². The van der Waals surface area contributed by atoms with Crippen molar-refractivity contribution in [2.75, 3.05) is 39.8 Å². The van der Waals surface area contributed by atoms with Crippen LogP contribution in [0.5, 0.6) is 0 Å². The molecule has 2 aliphatic rings. The van der Waals surface area contributed by atoms with Crippen molar-refractivity contribution in [2.45, 2.75) is 51.5 Å². The van der Waals surface area contributed by atoms with E-state index in [4.69, 9.17) is 0 Å². The molecule has 0 radical (unpaired) electrons. The Balaban J connectivity index is 1.74. The lowest BCUT2D eigenvalue weighted by atomic mass is 9.80. The maximum Gasteiger partial charge on any atom is 0.0914 e. The van der Waals surface area contributed by atoms with Gasteiger partial charge in [0.2, 0.25) is 0 Å². The molecule has 1 heterocycles. The van der Waals surface area contributed by atoms with Crippen LogP contribution in [0, 0.1) is 5.92 Å². The first kappa shape index (κ1) is 17.0. The minimum absolute atomic E-state index is 0.659. The molecule has 0 bridgehead atoms. The van der Waals surface area contributed by atoms with Crippen LogP contribution in [0.3, 0.4) is 0 Å². The predicted octanol–water partition coefficient (Wildman–Crippen LogP) is 4.48. The van der Waals surface area contributed by atoms with Crippen molar-refractivity contribution in [3.05, 3.63) is 35.9 Å². The molecule has 1 aromatic rings. The molecular formula is C21H35N2+. The lowest BCUT2D eigenvalue weighted by Crippen LogP contribution is -2.58. The maximum atomic E-state index is 2.82. The average Bonchev–Trinajstić information content (AvgIpc) is 2.59. The van der Waals surface area contributed by atoms with Crippen LogP contribution in [0.1, 0.15) is 57.1 Å². The molecule has 1 aromatic carbocycles. The van der Waals surface area contributed by atoms with Crippen LogP contribution in [-0.2, 0) is 0 Å². The lowest BCUT2D eigenvalue weighted by Gasteiger charge is -2.47. The Bertz CT molecular complexity index is 456. The van der Waals surface area contributed by atoms with Gasteiger partial charge >= 0.3 is 0 Å². The van der Waals surface area contributed by atoms with Crippen LogP contribution < -0.4 is 0 Å². The summed E-state index contributed by atoms with van der Waals surface area (Å²) in [4.78, 5) is 2.82. The highest BCUT2D eigenvalue weighted by Gasteiger charge is 2.35. The molecule has 2 fully saturated rings. The van der Waals surface area contributed by atoms with Crippen LogP contribution >= 0.6 is 0 Å². The number of nitrogens with zero attached hydrogens (tertiary/aromatic N) is 2. The van der Waals surface area contributed by atoms with E-state index < -0.39 is 0 Å². The smallest absolute Gasteiger partial charge is 0.0914 e. The molecule has 1 aliphatic carbocycles. The van der Waals surface area contributed by atoms with E-state index >= 15 is 0 Å². The number of piperazine rings is 1. The first-order valence-corrected chi connectivity index (χ1v) is 9.84. The molecule has 0 N–H and O–H groups in total. The fraction of sp³-hybridized carbons (Fsp3) is 0.714. The Morgan fingerprint density at radius 2 is 1.70 bits per heavy atom. The number of rotatable bonds is 5. The fourth-order valence-corrected chi connectivity index (χ4v) is 4.89. The van der Waals surface area contributed by atoms with Gasteiger partial charge in [0.1, 0.15) is 0 Å². The molecule has 1 saturated heterocycles. The Hall–Kier alpha value is -0.860. The van der Waals surface area contributed by atoms with Crippen molar-refractivity contribution in [2.24, 2.45) is 5.92 Å². The van der Waals surface area contributed by atoms with E-state index in [1.54, 1.807) is 5.56 Å². The zero-order valence-electron chi connectivity index (χ0n) is 15.2. The summed E-state index contributed by atoms with van der Waals surface area (Å²) in [5.41, 5.74) is 1.56. The first-order chi connectivity index (χ1) is 11.2. The Morgan fingerprint density at radius 3 is 2.30 bits per heavy atom. The molecule has 23 heavy (non-hydrogen) atoms. The van der Waals surface area contributed by atoms with Gasteiger partial charge in [-0.25, -0.2) is 0 Å². The van der Waals surface area contributed by atoms with E-state index in [-0.39, 0.29) is 0 Å². The predicted molar refractivity (Wildman–Crippen MR) is 98.4 cm³/mol. The van der Waals surface area contributed by atoms with Gasteiger partial charge in [0.15, 0.2) is 0 Å². The zero-order chi connectivity index (χ0) is 16.1. The zero-order valence-corrected chi connectivity index (χ0v) is 15.2. The maximum absolute atomic E-state index is 2.82. The van der Waals surface area contributed by atoms with Gasteiger partial charge in [-0.3, -0.25) is 4.90 Å². The Labute approximate surface area is 143 Å². The van der Waals surface area contributed by atoms with E-state index in [1.807, 2.05) is 0 Å². The highest BCUT2D eigenvalue weighted by Crippen LogP contribution is 2.39. The summed E-state index contributed by atoms with van der Waals surface area (Å²) >= 11 is 0. The summed E-state index contributed by atoms with van der Waals surface area (Å²) in [6.07, 6.45) is 8.48. The van der Waals surface area contributed by atoms with Crippen molar-refractivity contribution >= 4 is 0 Å². The third-order valence-corrected chi connectivity index (χ3v) is 6.25. The van der Waals surface area contributed by atoms with Crippen molar-refractivity contribution in [3.8, 4) is 0 Å². The minimum Gasteiger partial charge on any atom is -0.324 e. The molecule has 0 amide bonds. The molecule has 0 aromatic heterocycles. The number of hydrogen-bond donors (Lipinski definition) is 0. The number of quaternary nitrogens is 1. The van der Waals surface area contributed by atoms with Gasteiger partial charge in [-0.05, 0) is 30.7 Å². The van der Waals surface area contributed by atoms with Gasteiger partial charge in [-0.15, -0.1) is 0 Å². The molecule has 128 valence electrons. The molecule has 1 aliphatic heterocycles. The molecule has 2 heteroatoms. The number of hydrogen-bond acceptors (Lipinski definition) is 1. The topological polar surface area (TPSA) is 3.24 Å². The summed E-state index contributed by atoms with van der Waals surface area (Å²) in [7, 11) is 2.46. The third kappa shape index (κ3) is 4.16. The standard InChI is InChI=1S/C21H35N2/c1-3-16-23(2)17-14-22(15-18-23)21(19-10-6-4-7-11-19)20-12-8-5-9-13-20/h4,6-7,10-11,20-21H,3,5,8-9,12-18H2,1-2H3/q+1. The second-order valence-electron chi connectivity index (χ2n) is 8.08. The van der Waals surface area contributed by atoms with Crippen LogP contribution in [0.25, 0.3) is 0 Å². The molecule has 1 saturated carbocycles. The van der Waals surface area contributed by atoms with E-state index in [2.05, 4.69) is 49.2 Å². The third-order valence-electron chi connectivity index (χ3n) is 6.25. The quantitative estimate of drug-likeness (QED) is 0.724. The summed E-state index contributed by atoms with van der Waals surface area (Å²) in [6.45, 7) is 8.85. The van der Waals surface area contributed by atoms with E-state index in [0.29, 0.717) is 6.04 Å². The van der Waals surface area contributed by atoms with Crippen molar-refractivity contribution < 1.29 is 4.48 Å². The van der Waals surface area contributed by atoms with Crippen molar-refractivity contribution in [1.29, 1.82) is 0 Å². The van der Waals surface area contributed by atoms with Gasteiger partial charge in [0, 0.05) is 19.1 Å². The summed E-state index contributed by atoms with van der Waals surface area (Å²) in [6, 6.07) is 12.0. The first-order valence-electron chi connectivity index (χ1n) is 9.84. The molecule has 1 atom stereocenters. The molecular weight excluding hydrogens is 280 g/mol. The van der Waals surface area contributed by atoms with Crippen LogP contribution in [0.4, 0.5) is 0 Å². The van der Waals surface area contributed by atoms with E-state index in [9.17, 15) is 0 Å². The highest BCUT2D eigenvalue weighted by molar-refractivity contribution is 5.20. The average molecular weight is 316 g/mol. The SMILES string of the molecule is CCC[N+]1(C)CCN(C(c2ccccc2)C2CCCCC2)CC1. The summed E-state index contributed by atoms with van der Waals surface area (Å²) < 4.78 is 1.28. The largest absolute Gasteiger partial charge is 0.324 e. The highest BCUT2D eigenvalue weighted by atomic mass is 15.4. The number of likely N-dealkylation sites (N-methyl/N-ethyl adjacent to an activating group) is 1. The van der Waals surface area contributed by atoms with Crippen LogP contribution in [-0.4, -0.2) is 49.2 Å². The van der Waals surface area contributed by atoms with Gasteiger partial charge in [-0.1, -0.05) is 56.5 Å². The second-order valence-corrected chi connectivity index (χ2v) is 8.08. The summed E-state index contributed by atoms with van der Waals surface area (Å²) in [5, 5.41) is 0. The van der Waals surface area contributed by atoms with Gasteiger partial charge in [0.05, 0.1) is 26.7 Å². The van der Waals surface area contributed by atoms with Crippen LogP contribution in [0.2, 0.25) is 0 Å². The fourth-order valence-electron chi connectivity index (χ4n) is 4.89. The lowest BCUT2D eigenvalue weighted by molar-refractivity contribution is -0.914. The van der Waals surface area contributed by atoms with Crippen molar-refractivity contribution in [1.82, 2.24) is 4.90 Å². The van der Waals surface area contributed by atoms with Crippen molar-refractivity contribution in [3.63, 3.8) is 0 Å². The Kier molecular flexibility index (Phi) is 5.76. The molecule has 0 spiro atoms. The molecule has 3 rings (SSSR count). The van der Waals surface area contributed by atoms with E-state index in [0.717, 1.165) is 5.92 Å². The monoisotopic (exact) mass is 315 g/mol. The minimum atomic E-state index is 0.659. The van der Waals surface area contributed by atoms with Gasteiger partial charge in [-0.2, -0.15) is 0 Å². The number of benzene rings is 1. The summed E-state index contributed by atoms with van der Waals surface area (Å²) in [5.74, 6) is 0.870. The Morgan fingerprint density at radius 1 is 1.04 bits per heavy atom. The normalized spacial score (nSPS) is 24.4. The molecule has 1 unspecified atom stereocenters. The van der Waals surface area contributed by atoms with Crippen LogP contribution in [0.15, 0.2) is 30.3 Å². The van der Waals surface area contributed by atoms with Gasteiger partial charge < -0.3 is 4.48 Å². The molecule has 2 nitrogen and oxygen atoms in total. The second kappa shape index (κ2) is 7.81. The van der Waals surface area contributed by atoms with E-state index in [1.165, 1.54) is 75.7 Å².